The van der Waals surface area contributed by atoms with Gasteiger partial charge in [0.25, 0.3) is 11.8 Å². The molecule has 0 bridgehead atoms. The van der Waals surface area contributed by atoms with Crippen molar-refractivity contribution in [2.24, 2.45) is 0 Å². The maximum absolute atomic E-state index is 12.1. The molecule has 2 amide bonds. The summed E-state index contributed by atoms with van der Waals surface area (Å²) in [7, 11) is 0. The summed E-state index contributed by atoms with van der Waals surface area (Å²) in [5.74, 6) is -2.18. The summed E-state index contributed by atoms with van der Waals surface area (Å²) in [6.45, 7) is 3.35. The van der Waals surface area contributed by atoms with Gasteiger partial charge in [0.15, 0.2) is 6.10 Å². The van der Waals surface area contributed by atoms with Crippen molar-refractivity contribution >= 4 is 11.8 Å². The van der Waals surface area contributed by atoms with Crippen LogP contribution >= 0.6 is 0 Å². The third-order valence-corrected chi connectivity index (χ3v) is 3.43. The summed E-state index contributed by atoms with van der Waals surface area (Å²) in [5, 5.41) is 29.1. The number of phenolic OH excluding ortho intramolecular Hbond substituents is 2. The number of amides is 2. The van der Waals surface area contributed by atoms with Gasteiger partial charge < -0.3 is 15.3 Å². The van der Waals surface area contributed by atoms with Crippen LogP contribution in [0.25, 0.3) is 0 Å². The molecule has 2 aromatic carbocycles. The Morgan fingerprint density at radius 1 is 1.04 bits per heavy atom. The first-order valence-corrected chi connectivity index (χ1v) is 7.17. The van der Waals surface area contributed by atoms with Gasteiger partial charge in [-0.2, -0.15) is 0 Å². The van der Waals surface area contributed by atoms with Crippen LogP contribution in [-0.4, -0.2) is 27.1 Å². The largest absolute Gasteiger partial charge is 0.508 e. The fraction of sp³-hybridized carbons (Fsp3) is 0.176. The first kappa shape index (κ1) is 17.3. The molecule has 2 rings (SSSR count). The zero-order chi connectivity index (χ0) is 17.9. The molecule has 126 valence electrons. The molecule has 0 aliphatic heterocycles. The van der Waals surface area contributed by atoms with Gasteiger partial charge in [0, 0.05) is 6.07 Å². The SMILES string of the molecule is Cc1cccc(C(O)C(=O)NNC(=O)c2c(C)cc(O)cc2O)c1. The molecule has 0 saturated carbocycles. The van der Waals surface area contributed by atoms with E-state index in [1.54, 1.807) is 18.2 Å². The van der Waals surface area contributed by atoms with E-state index in [0.29, 0.717) is 11.1 Å². The number of carbonyl (C=O) groups is 2. The summed E-state index contributed by atoms with van der Waals surface area (Å²) in [4.78, 5) is 24.0. The van der Waals surface area contributed by atoms with E-state index in [1.165, 1.54) is 13.0 Å². The zero-order valence-corrected chi connectivity index (χ0v) is 13.2. The second kappa shape index (κ2) is 7.01. The Hall–Kier alpha value is -3.06. The number of aromatic hydroxyl groups is 2. The van der Waals surface area contributed by atoms with Gasteiger partial charge >= 0.3 is 0 Å². The number of carbonyl (C=O) groups excluding carboxylic acids is 2. The van der Waals surface area contributed by atoms with Crippen LogP contribution in [-0.2, 0) is 4.79 Å². The number of aliphatic hydroxyl groups is 1. The van der Waals surface area contributed by atoms with Gasteiger partial charge in [0.1, 0.15) is 11.5 Å². The minimum absolute atomic E-state index is 0.0851. The fourth-order valence-corrected chi connectivity index (χ4v) is 2.29. The van der Waals surface area contributed by atoms with Gasteiger partial charge in [-0.25, -0.2) is 0 Å². The Labute approximate surface area is 138 Å². The van der Waals surface area contributed by atoms with Crippen molar-refractivity contribution < 1.29 is 24.9 Å². The lowest BCUT2D eigenvalue weighted by Crippen LogP contribution is -2.44. The highest BCUT2D eigenvalue weighted by Crippen LogP contribution is 2.26. The van der Waals surface area contributed by atoms with E-state index in [-0.39, 0.29) is 11.3 Å². The van der Waals surface area contributed by atoms with E-state index in [9.17, 15) is 24.9 Å². The molecule has 0 heterocycles. The van der Waals surface area contributed by atoms with Crippen LogP contribution in [0.5, 0.6) is 11.5 Å². The third kappa shape index (κ3) is 3.82. The molecule has 1 unspecified atom stereocenters. The van der Waals surface area contributed by atoms with Crippen LogP contribution in [0.4, 0.5) is 0 Å². The predicted molar refractivity (Wildman–Crippen MR) is 86.3 cm³/mol. The van der Waals surface area contributed by atoms with Gasteiger partial charge in [-0.15, -0.1) is 0 Å². The van der Waals surface area contributed by atoms with E-state index in [4.69, 9.17) is 0 Å². The minimum atomic E-state index is -1.44. The van der Waals surface area contributed by atoms with E-state index < -0.39 is 23.7 Å². The van der Waals surface area contributed by atoms with Crippen molar-refractivity contribution in [2.45, 2.75) is 20.0 Å². The second-order valence-corrected chi connectivity index (χ2v) is 5.42. The zero-order valence-electron chi connectivity index (χ0n) is 13.2. The topological polar surface area (TPSA) is 119 Å². The van der Waals surface area contributed by atoms with Crippen molar-refractivity contribution in [1.29, 1.82) is 0 Å². The number of hydrogen-bond donors (Lipinski definition) is 5. The maximum atomic E-state index is 12.1. The molecule has 0 fully saturated rings. The number of benzene rings is 2. The average Bonchev–Trinajstić information content (AvgIpc) is 2.50. The molecule has 0 radical (unpaired) electrons. The van der Waals surface area contributed by atoms with Crippen LogP contribution in [0.15, 0.2) is 36.4 Å². The number of phenols is 2. The van der Waals surface area contributed by atoms with Crippen molar-refractivity contribution in [3.63, 3.8) is 0 Å². The predicted octanol–water partition coefficient (Wildman–Crippen LogP) is 1.21. The molecule has 0 spiro atoms. The highest BCUT2D eigenvalue weighted by molar-refractivity contribution is 5.99. The number of hydrogen-bond acceptors (Lipinski definition) is 5. The van der Waals surface area contributed by atoms with Gasteiger partial charge in [0.05, 0.1) is 5.56 Å². The van der Waals surface area contributed by atoms with Crippen LogP contribution in [0.2, 0.25) is 0 Å². The molecule has 0 saturated heterocycles. The maximum Gasteiger partial charge on any atom is 0.273 e. The molecule has 0 aromatic heterocycles. The molecular weight excluding hydrogens is 312 g/mol. The Balaban J connectivity index is 2.05. The van der Waals surface area contributed by atoms with Crippen LogP contribution in [0, 0.1) is 13.8 Å². The van der Waals surface area contributed by atoms with Crippen LogP contribution in [0.1, 0.15) is 33.2 Å². The smallest absolute Gasteiger partial charge is 0.273 e. The summed E-state index contributed by atoms with van der Waals surface area (Å²) < 4.78 is 0. The molecule has 5 N–H and O–H groups in total. The highest BCUT2D eigenvalue weighted by atomic mass is 16.3. The van der Waals surface area contributed by atoms with Crippen molar-refractivity contribution in [1.82, 2.24) is 10.9 Å². The molecule has 0 aliphatic carbocycles. The molecular formula is C17H18N2O5. The average molecular weight is 330 g/mol. The number of hydrazine groups is 1. The Morgan fingerprint density at radius 2 is 1.75 bits per heavy atom. The first-order chi connectivity index (χ1) is 11.3. The monoisotopic (exact) mass is 330 g/mol. The van der Waals surface area contributed by atoms with Crippen LogP contribution in [0.3, 0.4) is 0 Å². The normalized spacial score (nSPS) is 11.6. The second-order valence-electron chi connectivity index (χ2n) is 5.42. The Morgan fingerprint density at radius 3 is 2.38 bits per heavy atom. The van der Waals surface area contributed by atoms with Gasteiger partial charge in [-0.1, -0.05) is 29.8 Å². The van der Waals surface area contributed by atoms with Gasteiger partial charge in [-0.3, -0.25) is 20.4 Å². The summed E-state index contributed by atoms with van der Waals surface area (Å²) >= 11 is 0. The Kier molecular flexibility index (Phi) is 5.05. The molecule has 1 atom stereocenters. The van der Waals surface area contributed by atoms with E-state index >= 15 is 0 Å². The van der Waals surface area contributed by atoms with E-state index in [1.807, 2.05) is 13.0 Å². The van der Waals surface area contributed by atoms with Crippen LogP contribution < -0.4 is 10.9 Å². The van der Waals surface area contributed by atoms with Gasteiger partial charge in [0.2, 0.25) is 0 Å². The van der Waals surface area contributed by atoms with Gasteiger partial charge in [-0.05, 0) is 31.0 Å². The van der Waals surface area contributed by atoms with Crippen molar-refractivity contribution in [2.75, 3.05) is 0 Å². The summed E-state index contributed by atoms with van der Waals surface area (Å²) in [6, 6.07) is 9.10. The molecule has 7 nitrogen and oxygen atoms in total. The lowest BCUT2D eigenvalue weighted by molar-refractivity contribution is -0.130. The van der Waals surface area contributed by atoms with E-state index in [0.717, 1.165) is 11.6 Å². The highest BCUT2D eigenvalue weighted by Gasteiger charge is 2.20. The lowest BCUT2D eigenvalue weighted by Gasteiger charge is -2.14. The third-order valence-electron chi connectivity index (χ3n) is 3.43. The number of nitrogens with one attached hydrogen (secondary N) is 2. The number of aliphatic hydroxyl groups excluding tert-OH is 1. The molecule has 24 heavy (non-hydrogen) atoms. The van der Waals surface area contributed by atoms with Crippen molar-refractivity contribution in [3.05, 3.63) is 58.7 Å². The van der Waals surface area contributed by atoms with Crippen molar-refractivity contribution in [3.8, 4) is 11.5 Å². The number of rotatable bonds is 3. The molecule has 0 aliphatic rings. The fourth-order valence-electron chi connectivity index (χ4n) is 2.29. The first-order valence-electron chi connectivity index (χ1n) is 7.17. The van der Waals surface area contributed by atoms with E-state index in [2.05, 4.69) is 10.9 Å². The summed E-state index contributed by atoms with van der Waals surface area (Å²) in [6.07, 6.45) is -1.44. The molecule has 2 aromatic rings. The quantitative estimate of drug-likeness (QED) is 0.542. The molecule has 7 heteroatoms. The summed E-state index contributed by atoms with van der Waals surface area (Å²) in [5.41, 5.74) is 5.75. The lowest BCUT2D eigenvalue weighted by atomic mass is 10.1. The standard InChI is InChI=1S/C17H18N2O5/c1-9-4-3-5-11(6-9)15(22)17(24)19-18-16(23)14-10(2)7-12(20)8-13(14)21/h3-8,15,20-22H,1-2H3,(H,18,23)(H,19,24). The minimum Gasteiger partial charge on any atom is -0.508 e. The number of aryl methyl sites for hydroxylation is 2. The Bertz CT molecular complexity index is 765.